The lowest BCUT2D eigenvalue weighted by Gasteiger charge is -2.34. The summed E-state index contributed by atoms with van der Waals surface area (Å²) in [5.74, 6) is 0. The predicted molar refractivity (Wildman–Crippen MR) is 72.8 cm³/mol. The number of rotatable bonds is 5. The monoisotopic (exact) mass is 228 g/mol. The zero-order chi connectivity index (χ0) is 13.0. The van der Waals surface area contributed by atoms with E-state index in [1.165, 1.54) is 19.3 Å². The Kier molecular flexibility index (Phi) is 5.52. The second-order valence-corrected chi connectivity index (χ2v) is 7.74. The van der Waals surface area contributed by atoms with Crippen molar-refractivity contribution in [3.63, 3.8) is 0 Å². The van der Waals surface area contributed by atoms with Crippen LogP contribution < -0.4 is 0 Å². The lowest BCUT2D eigenvalue weighted by Crippen LogP contribution is -2.34. The van der Waals surface area contributed by atoms with Crippen LogP contribution in [0.4, 0.5) is 0 Å². The highest BCUT2D eigenvalue weighted by Gasteiger charge is 2.25. The Bertz CT molecular complexity index is 190. The van der Waals surface area contributed by atoms with E-state index in [1.54, 1.807) is 0 Å². The van der Waals surface area contributed by atoms with E-state index in [0.717, 1.165) is 6.42 Å². The Hall–Kier alpha value is -0.0400. The molecule has 0 aliphatic carbocycles. The van der Waals surface area contributed by atoms with Gasteiger partial charge in [0.25, 0.3) is 0 Å². The molecule has 0 N–H and O–H groups in total. The van der Waals surface area contributed by atoms with E-state index in [0.29, 0.717) is 5.41 Å². The van der Waals surface area contributed by atoms with Crippen LogP contribution in [0.5, 0.6) is 0 Å². The highest BCUT2D eigenvalue weighted by Crippen LogP contribution is 2.27. The topological polar surface area (TPSA) is 9.23 Å². The summed E-state index contributed by atoms with van der Waals surface area (Å²) in [6.07, 6.45) is 5.03. The van der Waals surface area contributed by atoms with Crippen LogP contribution in [0.1, 0.15) is 81.1 Å². The fraction of sp³-hybridized carbons (Fsp3) is 1.00. The van der Waals surface area contributed by atoms with Gasteiger partial charge in [-0.2, -0.15) is 0 Å². The third-order valence-electron chi connectivity index (χ3n) is 2.54. The van der Waals surface area contributed by atoms with Gasteiger partial charge in [-0.25, -0.2) is 0 Å². The van der Waals surface area contributed by atoms with Gasteiger partial charge in [0.15, 0.2) is 0 Å². The van der Waals surface area contributed by atoms with E-state index in [-0.39, 0.29) is 11.2 Å². The zero-order valence-corrected chi connectivity index (χ0v) is 12.7. The van der Waals surface area contributed by atoms with E-state index in [4.69, 9.17) is 4.74 Å². The van der Waals surface area contributed by atoms with Gasteiger partial charge in [0.1, 0.15) is 0 Å². The van der Waals surface area contributed by atoms with Crippen molar-refractivity contribution in [2.75, 3.05) is 0 Å². The van der Waals surface area contributed by atoms with Gasteiger partial charge in [-0.15, -0.1) is 0 Å². The SMILES string of the molecule is CC(C)(C)CCCCC(C)(C)OC(C)(C)C. The smallest absolute Gasteiger partial charge is 0.0633 e. The highest BCUT2D eigenvalue weighted by atomic mass is 16.5. The third kappa shape index (κ3) is 10.5. The molecule has 0 heterocycles. The summed E-state index contributed by atoms with van der Waals surface area (Å²) in [7, 11) is 0. The fourth-order valence-corrected chi connectivity index (χ4v) is 2.09. The van der Waals surface area contributed by atoms with Crippen LogP contribution in [0.3, 0.4) is 0 Å². The van der Waals surface area contributed by atoms with E-state index in [2.05, 4.69) is 55.4 Å². The first-order chi connectivity index (χ1) is 6.91. The van der Waals surface area contributed by atoms with Crippen LogP contribution >= 0.6 is 0 Å². The summed E-state index contributed by atoms with van der Waals surface area (Å²) in [4.78, 5) is 0. The van der Waals surface area contributed by atoms with Crippen molar-refractivity contribution in [2.45, 2.75) is 92.3 Å². The molecule has 0 aromatic carbocycles. The van der Waals surface area contributed by atoms with Crippen LogP contribution in [0.25, 0.3) is 0 Å². The average molecular weight is 228 g/mol. The summed E-state index contributed by atoms with van der Waals surface area (Å²) >= 11 is 0. The van der Waals surface area contributed by atoms with E-state index in [9.17, 15) is 0 Å². The standard InChI is InChI=1S/C15H32O/c1-13(2,3)11-9-10-12-15(7,8)16-14(4,5)6/h9-12H2,1-8H3. The molecular weight excluding hydrogens is 196 g/mol. The first kappa shape index (κ1) is 16.0. The Morgan fingerprint density at radius 1 is 0.688 bits per heavy atom. The average Bonchev–Trinajstić information content (AvgIpc) is 1.91. The fourth-order valence-electron chi connectivity index (χ4n) is 2.09. The van der Waals surface area contributed by atoms with Gasteiger partial charge in [-0.3, -0.25) is 0 Å². The molecule has 1 nitrogen and oxygen atoms in total. The Morgan fingerprint density at radius 2 is 1.12 bits per heavy atom. The largest absolute Gasteiger partial charge is 0.370 e. The van der Waals surface area contributed by atoms with Gasteiger partial charge in [-0.1, -0.05) is 33.6 Å². The molecule has 98 valence electrons. The van der Waals surface area contributed by atoms with E-state index >= 15 is 0 Å². The van der Waals surface area contributed by atoms with Crippen LogP contribution in [0.2, 0.25) is 0 Å². The maximum absolute atomic E-state index is 6.06. The summed E-state index contributed by atoms with van der Waals surface area (Å²) in [6.45, 7) is 17.7. The predicted octanol–water partition coefficient (Wildman–Crippen LogP) is 5.19. The Labute approximate surface area is 103 Å². The van der Waals surface area contributed by atoms with Crippen molar-refractivity contribution in [3.05, 3.63) is 0 Å². The molecule has 0 radical (unpaired) electrons. The van der Waals surface area contributed by atoms with Crippen molar-refractivity contribution < 1.29 is 4.74 Å². The molecule has 0 aromatic rings. The number of hydrogen-bond donors (Lipinski definition) is 0. The summed E-state index contributed by atoms with van der Waals surface area (Å²) in [5, 5.41) is 0. The number of hydrogen-bond acceptors (Lipinski definition) is 1. The van der Waals surface area contributed by atoms with Crippen molar-refractivity contribution >= 4 is 0 Å². The molecule has 0 bridgehead atoms. The first-order valence-corrected chi connectivity index (χ1v) is 6.62. The van der Waals surface area contributed by atoms with Crippen LogP contribution in [-0.2, 0) is 4.74 Å². The molecule has 16 heavy (non-hydrogen) atoms. The molecule has 0 aliphatic heterocycles. The van der Waals surface area contributed by atoms with Gasteiger partial charge in [0.05, 0.1) is 11.2 Å². The maximum atomic E-state index is 6.06. The molecule has 0 aliphatic rings. The molecule has 0 fully saturated rings. The van der Waals surface area contributed by atoms with Crippen LogP contribution in [-0.4, -0.2) is 11.2 Å². The van der Waals surface area contributed by atoms with Gasteiger partial charge < -0.3 is 4.74 Å². The molecule has 0 rings (SSSR count). The van der Waals surface area contributed by atoms with Crippen molar-refractivity contribution in [1.82, 2.24) is 0 Å². The molecule has 0 atom stereocenters. The molecule has 0 amide bonds. The van der Waals surface area contributed by atoms with Gasteiger partial charge in [0.2, 0.25) is 0 Å². The maximum Gasteiger partial charge on any atom is 0.0633 e. The van der Waals surface area contributed by atoms with Crippen molar-refractivity contribution in [2.24, 2.45) is 5.41 Å². The lowest BCUT2D eigenvalue weighted by atomic mass is 9.88. The Balaban J connectivity index is 3.83. The number of ether oxygens (including phenoxy) is 1. The molecule has 0 spiro atoms. The van der Waals surface area contributed by atoms with E-state index < -0.39 is 0 Å². The summed E-state index contributed by atoms with van der Waals surface area (Å²) in [5.41, 5.74) is 0.443. The second kappa shape index (κ2) is 5.53. The first-order valence-electron chi connectivity index (χ1n) is 6.62. The van der Waals surface area contributed by atoms with E-state index in [1.807, 2.05) is 0 Å². The van der Waals surface area contributed by atoms with Crippen molar-refractivity contribution in [1.29, 1.82) is 0 Å². The van der Waals surface area contributed by atoms with Gasteiger partial charge >= 0.3 is 0 Å². The minimum absolute atomic E-state index is 0.0101. The molecule has 0 aromatic heterocycles. The molecule has 0 saturated carbocycles. The zero-order valence-electron chi connectivity index (χ0n) is 12.7. The van der Waals surface area contributed by atoms with Crippen LogP contribution in [0.15, 0.2) is 0 Å². The summed E-state index contributed by atoms with van der Waals surface area (Å²) in [6, 6.07) is 0. The highest BCUT2D eigenvalue weighted by molar-refractivity contribution is 4.74. The van der Waals surface area contributed by atoms with Crippen molar-refractivity contribution in [3.8, 4) is 0 Å². The third-order valence-corrected chi connectivity index (χ3v) is 2.54. The number of unbranched alkanes of at least 4 members (excludes halogenated alkanes) is 1. The lowest BCUT2D eigenvalue weighted by molar-refractivity contribution is -0.117. The van der Waals surface area contributed by atoms with Crippen LogP contribution in [0, 0.1) is 5.41 Å². The molecule has 0 unspecified atom stereocenters. The normalized spacial score (nSPS) is 14.2. The molecular formula is C15H32O. The second-order valence-electron chi connectivity index (χ2n) is 7.74. The van der Waals surface area contributed by atoms with Gasteiger partial charge in [-0.05, 0) is 52.9 Å². The summed E-state index contributed by atoms with van der Waals surface area (Å²) < 4.78 is 6.06. The minimum Gasteiger partial charge on any atom is -0.370 e. The van der Waals surface area contributed by atoms with Gasteiger partial charge in [0, 0.05) is 0 Å². The Morgan fingerprint density at radius 3 is 1.50 bits per heavy atom. The molecule has 0 saturated heterocycles. The minimum atomic E-state index is -0.0342. The molecule has 1 heteroatoms. The quantitative estimate of drug-likeness (QED) is 0.589.